The Morgan fingerprint density at radius 1 is 1.29 bits per heavy atom. The number of phenolic OH excluding ortho intramolecular Hbond substituents is 1. The van der Waals surface area contributed by atoms with Gasteiger partial charge in [0.25, 0.3) is 0 Å². The van der Waals surface area contributed by atoms with Crippen molar-refractivity contribution in [2.24, 2.45) is 0 Å². The Balaban J connectivity index is 2.15. The molecule has 0 spiro atoms. The maximum atomic E-state index is 12.2. The van der Waals surface area contributed by atoms with Crippen LogP contribution < -0.4 is 0 Å². The molecule has 0 bridgehead atoms. The molecule has 3 aromatic rings. The van der Waals surface area contributed by atoms with Crippen molar-refractivity contribution in [2.75, 3.05) is 0 Å². The van der Waals surface area contributed by atoms with Crippen LogP contribution in [0.5, 0.6) is 5.75 Å². The highest BCUT2D eigenvalue weighted by molar-refractivity contribution is 7.08. The molecule has 17 heavy (non-hydrogen) atoms. The van der Waals surface area contributed by atoms with Crippen LogP contribution in [0.3, 0.4) is 0 Å². The average molecular weight is 244 g/mol. The van der Waals surface area contributed by atoms with Gasteiger partial charge in [0.15, 0.2) is 5.78 Å². The van der Waals surface area contributed by atoms with Crippen molar-refractivity contribution in [3.05, 3.63) is 52.4 Å². The molecule has 0 atom stereocenters. The first-order valence-electron chi connectivity index (χ1n) is 5.03. The molecule has 1 N–H and O–H groups in total. The number of aromatic hydroxyl groups is 1. The molecule has 3 rings (SSSR count). The molecule has 84 valence electrons. The number of carbonyl (C=O) groups excluding carboxylic acids is 1. The van der Waals surface area contributed by atoms with E-state index in [-0.39, 0.29) is 11.5 Å². The fourth-order valence-corrected chi connectivity index (χ4v) is 2.38. The van der Waals surface area contributed by atoms with Crippen LogP contribution in [0.1, 0.15) is 15.9 Å². The van der Waals surface area contributed by atoms with Gasteiger partial charge in [0.05, 0.1) is 5.56 Å². The molecular formula is C13H8O3S. The second-order valence-corrected chi connectivity index (χ2v) is 4.45. The van der Waals surface area contributed by atoms with Gasteiger partial charge in [0, 0.05) is 22.4 Å². The lowest BCUT2D eigenvalue weighted by Gasteiger charge is -1.95. The van der Waals surface area contributed by atoms with Crippen LogP contribution >= 0.6 is 11.3 Å². The number of carbonyl (C=O) groups is 1. The van der Waals surface area contributed by atoms with E-state index in [2.05, 4.69) is 0 Å². The number of benzene rings is 1. The average Bonchev–Trinajstić information content (AvgIpc) is 2.96. The standard InChI is InChI=1S/C13H8O3S/c14-9-1-2-10-11(6-16-12(10)5-9)13(15)8-3-4-17-7-8/h1-7,14H. The van der Waals surface area contributed by atoms with Gasteiger partial charge in [-0.1, -0.05) is 0 Å². The monoisotopic (exact) mass is 244 g/mol. The summed E-state index contributed by atoms with van der Waals surface area (Å²) < 4.78 is 5.27. The van der Waals surface area contributed by atoms with Crippen molar-refractivity contribution in [2.45, 2.75) is 0 Å². The van der Waals surface area contributed by atoms with E-state index in [4.69, 9.17) is 4.42 Å². The highest BCUT2D eigenvalue weighted by atomic mass is 32.1. The van der Waals surface area contributed by atoms with Crippen molar-refractivity contribution < 1.29 is 14.3 Å². The lowest BCUT2D eigenvalue weighted by atomic mass is 10.1. The number of furan rings is 1. The van der Waals surface area contributed by atoms with Crippen LogP contribution in [-0.2, 0) is 0 Å². The van der Waals surface area contributed by atoms with Gasteiger partial charge in [-0.05, 0) is 23.6 Å². The van der Waals surface area contributed by atoms with Crippen molar-refractivity contribution in [3.63, 3.8) is 0 Å². The Morgan fingerprint density at radius 3 is 2.94 bits per heavy atom. The number of phenols is 1. The summed E-state index contributed by atoms with van der Waals surface area (Å²) in [6, 6.07) is 6.52. The van der Waals surface area contributed by atoms with Gasteiger partial charge in [-0.3, -0.25) is 4.79 Å². The summed E-state index contributed by atoms with van der Waals surface area (Å²) >= 11 is 1.48. The molecule has 2 heterocycles. The molecule has 4 heteroatoms. The molecular weight excluding hydrogens is 236 g/mol. The Kier molecular flexibility index (Phi) is 2.23. The maximum absolute atomic E-state index is 12.2. The first-order valence-corrected chi connectivity index (χ1v) is 5.97. The molecule has 0 saturated carbocycles. The Hall–Kier alpha value is -2.07. The number of thiophene rings is 1. The minimum Gasteiger partial charge on any atom is -0.508 e. The van der Waals surface area contributed by atoms with Crippen LogP contribution in [0.4, 0.5) is 0 Å². The molecule has 0 amide bonds. The van der Waals surface area contributed by atoms with Gasteiger partial charge in [-0.2, -0.15) is 11.3 Å². The van der Waals surface area contributed by atoms with Crippen LogP contribution in [0.25, 0.3) is 11.0 Å². The van der Waals surface area contributed by atoms with Gasteiger partial charge in [0.2, 0.25) is 0 Å². The molecule has 3 nitrogen and oxygen atoms in total. The van der Waals surface area contributed by atoms with E-state index < -0.39 is 0 Å². The normalized spacial score (nSPS) is 10.8. The smallest absolute Gasteiger partial charge is 0.197 e. The van der Waals surface area contributed by atoms with E-state index in [1.165, 1.54) is 23.7 Å². The van der Waals surface area contributed by atoms with Crippen LogP contribution in [-0.4, -0.2) is 10.9 Å². The Morgan fingerprint density at radius 2 is 2.18 bits per heavy atom. The summed E-state index contributed by atoms with van der Waals surface area (Å²) in [5.41, 5.74) is 1.70. The van der Waals surface area contributed by atoms with Crippen molar-refractivity contribution >= 4 is 28.1 Å². The summed E-state index contributed by atoms with van der Waals surface area (Å²) in [7, 11) is 0. The van der Waals surface area contributed by atoms with E-state index in [1.807, 2.05) is 10.8 Å². The summed E-state index contributed by atoms with van der Waals surface area (Å²) in [5, 5.41) is 13.7. The van der Waals surface area contributed by atoms with E-state index in [0.29, 0.717) is 16.7 Å². The SMILES string of the molecule is O=C(c1ccsc1)c1coc2cc(O)ccc12. The second-order valence-electron chi connectivity index (χ2n) is 3.67. The zero-order chi connectivity index (χ0) is 11.8. The van der Waals surface area contributed by atoms with Crippen LogP contribution in [0, 0.1) is 0 Å². The lowest BCUT2D eigenvalue weighted by molar-refractivity contribution is 0.104. The molecule has 0 fully saturated rings. The quantitative estimate of drug-likeness (QED) is 0.702. The first kappa shape index (κ1) is 10.1. The molecule has 0 unspecified atom stereocenters. The van der Waals surface area contributed by atoms with E-state index in [9.17, 15) is 9.90 Å². The molecule has 0 aliphatic heterocycles. The Labute approximate surface area is 101 Å². The number of fused-ring (bicyclic) bond motifs is 1. The minimum atomic E-state index is -0.0595. The van der Waals surface area contributed by atoms with E-state index >= 15 is 0 Å². The van der Waals surface area contributed by atoms with Gasteiger partial charge in [0.1, 0.15) is 17.6 Å². The van der Waals surface area contributed by atoms with Gasteiger partial charge >= 0.3 is 0 Å². The molecule has 0 saturated heterocycles. The molecule has 1 aromatic carbocycles. The van der Waals surface area contributed by atoms with Gasteiger partial charge in [-0.15, -0.1) is 0 Å². The highest BCUT2D eigenvalue weighted by Crippen LogP contribution is 2.27. The maximum Gasteiger partial charge on any atom is 0.197 e. The topological polar surface area (TPSA) is 50.4 Å². The number of ketones is 1. The van der Waals surface area contributed by atoms with E-state index in [0.717, 1.165) is 5.39 Å². The lowest BCUT2D eigenvalue weighted by Crippen LogP contribution is -1.97. The van der Waals surface area contributed by atoms with Crippen molar-refractivity contribution in [3.8, 4) is 5.75 Å². The summed E-state index contributed by atoms with van der Waals surface area (Å²) in [6.07, 6.45) is 1.43. The van der Waals surface area contributed by atoms with Crippen molar-refractivity contribution in [1.82, 2.24) is 0 Å². The summed E-state index contributed by atoms with van der Waals surface area (Å²) in [6.45, 7) is 0. The molecule has 2 aromatic heterocycles. The first-order chi connectivity index (χ1) is 8.25. The zero-order valence-electron chi connectivity index (χ0n) is 8.71. The predicted octanol–water partition coefficient (Wildman–Crippen LogP) is 3.43. The number of hydrogen-bond donors (Lipinski definition) is 1. The molecule has 0 radical (unpaired) electrons. The number of rotatable bonds is 2. The van der Waals surface area contributed by atoms with Crippen LogP contribution in [0.15, 0.2) is 45.7 Å². The largest absolute Gasteiger partial charge is 0.508 e. The zero-order valence-corrected chi connectivity index (χ0v) is 9.53. The third kappa shape index (κ3) is 1.62. The summed E-state index contributed by atoms with van der Waals surface area (Å²) in [5.74, 6) is 0.0667. The highest BCUT2D eigenvalue weighted by Gasteiger charge is 2.15. The molecule has 0 aliphatic rings. The third-order valence-electron chi connectivity index (χ3n) is 2.59. The Bertz CT molecular complexity index is 680. The fraction of sp³-hybridized carbons (Fsp3) is 0. The second kappa shape index (κ2) is 3.75. The van der Waals surface area contributed by atoms with Gasteiger partial charge < -0.3 is 9.52 Å². The number of hydrogen-bond acceptors (Lipinski definition) is 4. The van der Waals surface area contributed by atoms with Crippen molar-refractivity contribution in [1.29, 1.82) is 0 Å². The molecule has 0 aliphatic carbocycles. The van der Waals surface area contributed by atoms with Gasteiger partial charge in [-0.25, -0.2) is 0 Å². The third-order valence-corrected chi connectivity index (χ3v) is 3.27. The fourth-order valence-electron chi connectivity index (χ4n) is 1.74. The van der Waals surface area contributed by atoms with Crippen LogP contribution in [0.2, 0.25) is 0 Å². The van der Waals surface area contributed by atoms with E-state index in [1.54, 1.807) is 18.2 Å². The minimum absolute atomic E-state index is 0.0595. The predicted molar refractivity (Wildman–Crippen MR) is 65.6 cm³/mol. The summed E-state index contributed by atoms with van der Waals surface area (Å²) in [4.78, 5) is 12.2.